The number of carbonyl (C=O) groups is 1. The van der Waals surface area contributed by atoms with Gasteiger partial charge < -0.3 is 16.2 Å². The number of hydrogen-bond acceptors (Lipinski definition) is 3. The lowest BCUT2D eigenvalue weighted by atomic mass is 10.2. The first kappa shape index (κ1) is 10.9. The van der Waals surface area contributed by atoms with Gasteiger partial charge in [-0.2, -0.15) is 0 Å². The fourth-order valence-corrected chi connectivity index (χ4v) is 0.970. The minimum Gasteiger partial charge on any atom is -0.495 e. The van der Waals surface area contributed by atoms with Crippen LogP contribution in [-0.4, -0.2) is 13.0 Å². The van der Waals surface area contributed by atoms with Crippen molar-refractivity contribution in [1.29, 1.82) is 0 Å². The first-order chi connectivity index (χ1) is 7.04. The summed E-state index contributed by atoms with van der Waals surface area (Å²) >= 11 is 0. The number of benzene rings is 1. The predicted molar refractivity (Wildman–Crippen MR) is 53.4 cm³/mol. The van der Waals surface area contributed by atoms with E-state index < -0.39 is 11.7 Å². The Bertz CT molecular complexity index is 460. The van der Waals surface area contributed by atoms with E-state index in [1.165, 1.54) is 13.2 Å². The fraction of sp³-hybridized carbons (Fsp3) is 0.100. The van der Waals surface area contributed by atoms with Crippen molar-refractivity contribution in [1.82, 2.24) is 0 Å². The molecule has 0 heterocycles. The van der Waals surface area contributed by atoms with Gasteiger partial charge in [-0.25, -0.2) is 4.39 Å². The van der Waals surface area contributed by atoms with Crippen LogP contribution in [0.5, 0.6) is 5.75 Å². The molecular weight excluding hydrogens is 199 g/mol. The van der Waals surface area contributed by atoms with E-state index in [1.54, 1.807) is 0 Å². The molecule has 4 N–H and O–H groups in total. The Kier molecular flexibility index (Phi) is 3.13. The van der Waals surface area contributed by atoms with Gasteiger partial charge in [-0.1, -0.05) is 5.92 Å². The number of halogens is 1. The normalized spacial score (nSPS) is 8.93. The van der Waals surface area contributed by atoms with Gasteiger partial charge in [-0.15, -0.1) is 0 Å². The van der Waals surface area contributed by atoms with E-state index in [4.69, 9.17) is 16.2 Å². The number of methoxy groups -OCH3 is 1. The Morgan fingerprint density at radius 3 is 2.73 bits per heavy atom. The third-order valence-corrected chi connectivity index (χ3v) is 1.64. The molecule has 0 radical (unpaired) electrons. The Labute approximate surface area is 86.0 Å². The van der Waals surface area contributed by atoms with Crippen LogP contribution in [0.2, 0.25) is 0 Å². The summed E-state index contributed by atoms with van der Waals surface area (Å²) in [7, 11) is 1.40. The lowest BCUT2D eigenvalue weighted by molar-refractivity contribution is -0.112. The van der Waals surface area contributed by atoms with Gasteiger partial charge in [-0.05, 0) is 0 Å². The number of primary amides is 1. The van der Waals surface area contributed by atoms with Crippen molar-refractivity contribution in [3.8, 4) is 17.6 Å². The molecule has 1 amide bonds. The highest BCUT2D eigenvalue weighted by Gasteiger charge is 2.06. The van der Waals surface area contributed by atoms with E-state index in [0.29, 0.717) is 5.75 Å². The molecule has 0 aliphatic heterocycles. The average molecular weight is 208 g/mol. The third-order valence-electron chi connectivity index (χ3n) is 1.64. The zero-order chi connectivity index (χ0) is 11.4. The van der Waals surface area contributed by atoms with Crippen LogP contribution < -0.4 is 16.2 Å². The van der Waals surface area contributed by atoms with Gasteiger partial charge in [0.15, 0.2) is 0 Å². The zero-order valence-electron chi connectivity index (χ0n) is 8.00. The van der Waals surface area contributed by atoms with E-state index in [0.717, 1.165) is 6.07 Å². The molecule has 0 aliphatic carbocycles. The second-order valence-electron chi connectivity index (χ2n) is 2.69. The molecule has 0 bridgehead atoms. The first-order valence-corrected chi connectivity index (χ1v) is 3.99. The molecule has 0 unspecified atom stereocenters. The van der Waals surface area contributed by atoms with Gasteiger partial charge in [0.2, 0.25) is 0 Å². The van der Waals surface area contributed by atoms with E-state index in [-0.39, 0.29) is 11.3 Å². The average Bonchev–Trinajstić information content (AvgIpc) is 2.16. The molecule has 1 aromatic rings. The molecule has 0 fully saturated rings. The number of carbonyl (C=O) groups excluding carboxylic acids is 1. The summed E-state index contributed by atoms with van der Waals surface area (Å²) in [6.07, 6.45) is 0. The SMILES string of the molecule is COc1cc(C#CC(N)=O)c(F)cc1N. The Morgan fingerprint density at radius 2 is 2.20 bits per heavy atom. The second-order valence-corrected chi connectivity index (χ2v) is 2.69. The summed E-state index contributed by atoms with van der Waals surface area (Å²) in [5, 5.41) is 0. The fourth-order valence-electron chi connectivity index (χ4n) is 0.970. The van der Waals surface area contributed by atoms with Gasteiger partial charge in [0.1, 0.15) is 11.6 Å². The molecule has 15 heavy (non-hydrogen) atoms. The van der Waals surface area contributed by atoms with Gasteiger partial charge in [0, 0.05) is 18.1 Å². The van der Waals surface area contributed by atoms with Crippen LogP contribution in [0, 0.1) is 17.7 Å². The maximum atomic E-state index is 13.2. The Hall–Kier alpha value is -2.22. The summed E-state index contributed by atoms with van der Waals surface area (Å²) in [6.45, 7) is 0. The summed E-state index contributed by atoms with van der Waals surface area (Å²) in [5.74, 6) is 3.15. The minimum absolute atomic E-state index is 0.0138. The van der Waals surface area contributed by atoms with Crippen LogP contribution in [0.25, 0.3) is 0 Å². The molecule has 0 atom stereocenters. The Morgan fingerprint density at radius 1 is 1.53 bits per heavy atom. The monoisotopic (exact) mass is 208 g/mol. The topological polar surface area (TPSA) is 78.3 Å². The highest BCUT2D eigenvalue weighted by atomic mass is 19.1. The molecule has 1 rings (SSSR count). The smallest absolute Gasteiger partial charge is 0.293 e. The number of amides is 1. The predicted octanol–water partition coefficient (Wildman–Crippen LogP) is 0.253. The lowest BCUT2D eigenvalue weighted by Crippen LogP contribution is -2.06. The maximum absolute atomic E-state index is 13.2. The largest absolute Gasteiger partial charge is 0.495 e. The van der Waals surface area contributed by atoms with Crippen molar-refractivity contribution in [3.05, 3.63) is 23.5 Å². The summed E-state index contributed by atoms with van der Waals surface area (Å²) in [5.41, 5.74) is 10.4. The van der Waals surface area contributed by atoms with E-state index in [9.17, 15) is 9.18 Å². The summed E-state index contributed by atoms with van der Waals surface area (Å²) in [6, 6.07) is 2.38. The third kappa shape index (κ3) is 2.61. The van der Waals surface area contributed by atoms with Crippen LogP contribution in [0.3, 0.4) is 0 Å². The van der Waals surface area contributed by atoms with E-state index in [1.807, 2.05) is 5.92 Å². The van der Waals surface area contributed by atoms with Crippen molar-refractivity contribution < 1.29 is 13.9 Å². The van der Waals surface area contributed by atoms with Crippen LogP contribution in [0.4, 0.5) is 10.1 Å². The molecule has 0 saturated carbocycles. The number of hydrogen-bond donors (Lipinski definition) is 2. The van der Waals surface area contributed by atoms with Gasteiger partial charge in [-0.3, -0.25) is 4.79 Å². The second kappa shape index (κ2) is 4.33. The molecule has 0 aromatic heterocycles. The molecule has 0 spiro atoms. The zero-order valence-corrected chi connectivity index (χ0v) is 8.00. The quantitative estimate of drug-likeness (QED) is 0.513. The van der Waals surface area contributed by atoms with Crippen LogP contribution in [0.15, 0.2) is 12.1 Å². The van der Waals surface area contributed by atoms with Crippen LogP contribution in [-0.2, 0) is 4.79 Å². The number of rotatable bonds is 1. The number of nitrogens with two attached hydrogens (primary N) is 2. The molecule has 5 heteroatoms. The highest BCUT2D eigenvalue weighted by Crippen LogP contribution is 2.24. The van der Waals surface area contributed by atoms with Crippen molar-refractivity contribution in [3.63, 3.8) is 0 Å². The van der Waals surface area contributed by atoms with Crippen LogP contribution in [0.1, 0.15) is 5.56 Å². The van der Waals surface area contributed by atoms with E-state index >= 15 is 0 Å². The molecule has 0 saturated heterocycles. The molecule has 0 aliphatic rings. The van der Waals surface area contributed by atoms with Crippen LogP contribution >= 0.6 is 0 Å². The highest BCUT2D eigenvalue weighted by molar-refractivity contribution is 5.92. The molecule has 1 aromatic carbocycles. The van der Waals surface area contributed by atoms with Crippen molar-refractivity contribution >= 4 is 11.6 Å². The lowest BCUT2D eigenvalue weighted by Gasteiger charge is -2.04. The Balaban J connectivity index is 3.20. The number of anilines is 1. The van der Waals surface area contributed by atoms with Gasteiger partial charge in [0.25, 0.3) is 5.91 Å². The standard InChI is InChI=1S/C10H9FN2O2/c1-15-9-4-6(2-3-10(13)14)7(11)5-8(9)12/h4-5H,12H2,1H3,(H2,13,14). The minimum atomic E-state index is -0.829. The van der Waals surface area contributed by atoms with Gasteiger partial charge in [0.05, 0.1) is 18.4 Å². The van der Waals surface area contributed by atoms with Crippen molar-refractivity contribution in [2.75, 3.05) is 12.8 Å². The number of nitrogen functional groups attached to an aromatic ring is 1. The maximum Gasteiger partial charge on any atom is 0.293 e. The summed E-state index contributed by atoms with van der Waals surface area (Å²) in [4.78, 5) is 10.4. The molecule has 78 valence electrons. The van der Waals surface area contributed by atoms with Gasteiger partial charge >= 0.3 is 0 Å². The van der Waals surface area contributed by atoms with Crippen molar-refractivity contribution in [2.24, 2.45) is 5.73 Å². The summed E-state index contributed by atoms with van der Waals surface area (Å²) < 4.78 is 18.1. The van der Waals surface area contributed by atoms with E-state index in [2.05, 4.69) is 5.92 Å². The van der Waals surface area contributed by atoms with Crippen molar-refractivity contribution in [2.45, 2.75) is 0 Å². The number of ether oxygens (including phenoxy) is 1. The first-order valence-electron chi connectivity index (χ1n) is 3.99. The molecular formula is C10H9FN2O2. The molecule has 4 nitrogen and oxygen atoms in total.